The minimum Gasteiger partial charge on any atom is -0.508 e. The van der Waals surface area contributed by atoms with E-state index in [-0.39, 0.29) is 5.75 Å². The van der Waals surface area contributed by atoms with Gasteiger partial charge in [-0.15, -0.1) is 0 Å². The Labute approximate surface area is 142 Å². The normalized spacial score (nSPS) is 15.3. The predicted octanol–water partition coefficient (Wildman–Crippen LogP) is 4.36. The van der Waals surface area contributed by atoms with Gasteiger partial charge in [0.25, 0.3) is 0 Å². The molecule has 0 heterocycles. The molecule has 0 atom stereocenters. The van der Waals surface area contributed by atoms with Crippen LogP contribution in [-0.4, -0.2) is 16.8 Å². The van der Waals surface area contributed by atoms with E-state index in [1.807, 2.05) is 19.1 Å². The molecular weight excluding hydrogens is 358 g/mol. The molecule has 5 heteroatoms. The number of hydrogen-bond acceptors (Lipinski definition) is 4. The molecule has 3 rings (SSSR count). The number of phenols is 1. The number of carbonyl (C=O) groups excluding carboxylic acids is 1. The number of halogens is 1. The van der Waals surface area contributed by atoms with Gasteiger partial charge in [-0.05, 0) is 67.6 Å². The van der Waals surface area contributed by atoms with Gasteiger partial charge in [-0.3, -0.25) is 0 Å². The summed E-state index contributed by atoms with van der Waals surface area (Å²) in [6.07, 6.45) is 2.56. The first-order valence-corrected chi connectivity index (χ1v) is 8.20. The average Bonchev–Trinajstić information content (AvgIpc) is 2.54. The van der Waals surface area contributed by atoms with Gasteiger partial charge in [0.15, 0.2) is 0 Å². The molecule has 23 heavy (non-hydrogen) atoms. The van der Waals surface area contributed by atoms with Crippen LogP contribution in [0, 0.1) is 6.92 Å². The maximum Gasteiger partial charge on any atom is 0.365 e. The van der Waals surface area contributed by atoms with Crippen LogP contribution in [0.25, 0.3) is 0 Å². The van der Waals surface area contributed by atoms with Crippen molar-refractivity contribution in [1.82, 2.24) is 0 Å². The summed E-state index contributed by atoms with van der Waals surface area (Å²) in [4.78, 5) is 17.2. The number of oxime groups is 1. The van der Waals surface area contributed by atoms with E-state index in [0.717, 1.165) is 46.1 Å². The summed E-state index contributed by atoms with van der Waals surface area (Å²) in [5.41, 5.74) is 3.97. The lowest BCUT2D eigenvalue weighted by molar-refractivity contribution is 0.0515. The first-order valence-electron chi connectivity index (χ1n) is 7.41. The molecule has 2 aromatic carbocycles. The SMILES string of the molecule is Cc1cc2c(cc1O)CCC/C2=N\OC(=O)c1cccc(Br)c1. The fraction of sp³-hybridized carbons (Fsp3) is 0.222. The van der Waals surface area contributed by atoms with Crippen molar-refractivity contribution in [2.45, 2.75) is 26.2 Å². The lowest BCUT2D eigenvalue weighted by Crippen LogP contribution is -2.14. The van der Waals surface area contributed by atoms with Crippen LogP contribution in [-0.2, 0) is 11.3 Å². The molecule has 0 bridgehead atoms. The molecule has 118 valence electrons. The summed E-state index contributed by atoms with van der Waals surface area (Å²) < 4.78 is 0.814. The van der Waals surface area contributed by atoms with Gasteiger partial charge < -0.3 is 9.94 Å². The van der Waals surface area contributed by atoms with E-state index < -0.39 is 5.97 Å². The van der Waals surface area contributed by atoms with Gasteiger partial charge >= 0.3 is 5.97 Å². The fourth-order valence-electron chi connectivity index (χ4n) is 2.66. The Balaban J connectivity index is 1.85. The molecule has 0 fully saturated rings. The molecule has 1 aliphatic carbocycles. The van der Waals surface area contributed by atoms with Crippen molar-refractivity contribution in [3.63, 3.8) is 0 Å². The van der Waals surface area contributed by atoms with Gasteiger partial charge in [0.2, 0.25) is 0 Å². The number of nitrogens with zero attached hydrogens (tertiary/aromatic N) is 1. The molecular formula is C18H16BrNO3. The Morgan fingerprint density at radius 2 is 2.09 bits per heavy atom. The zero-order valence-corrected chi connectivity index (χ0v) is 14.3. The largest absolute Gasteiger partial charge is 0.508 e. The number of hydrogen-bond donors (Lipinski definition) is 1. The van der Waals surface area contributed by atoms with Crippen LogP contribution < -0.4 is 0 Å². The van der Waals surface area contributed by atoms with Crippen LogP contribution in [0.4, 0.5) is 0 Å². The summed E-state index contributed by atoms with van der Waals surface area (Å²) in [6, 6.07) is 10.7. The van der Waals surface area contributed by atoms with Gasteiger partial charge in [0, 0.05) is 10.0 Å². The molecule has 0 amide bonds. The van der Waals surface area contributed by atoms with Crippen molar-refractivity contribution < 1.29 is 14.7 Å². The van der Waals surface area contributed by atoms with Crippen LogP contribution in [0.3, 0.4) is 0 Å². The highest BCUT2D eigenvalue weighted by Gasteiger charge is 2.19. The monoisotopic (exact) mass is 373 g/mol. The van der Waals surface area contributed by atoms with E-state index >= 15 is 0 Å². The second kappa shape index (κ2) is 6.54. The van der Waals surface area contributed by atoms with Crippen LogP contribution in [0.5, 0.6) is 5.75 Å². The second-order valence-corrected chi connectivity index (χ2v) is 6.49. The fourth-order valence-corrected chi connectivity index (χ4v) is 3.05. The minimum atomic E-state index is -0.485. The average molecular weight is 374 g/mol. The maximum absolute atomic E-state index is 12.1. The van der Waals surface area contributed by atoms with Gasteiger partial charge in [-0.2, -0.15) is 0 Å². The first kappa shape index (κ1) is 15.7. The number of carbonyl (C=O) groups is 1. The number of phenolic OH excluding ortho intramolecular Hbond substituents is 1. The van der Waals surface area contributed by atoms with Gasteiger partial charge in [0.05, 0.1) is 11.3 Å². The Morgan fingerprint density at radius 1 is 1.26 bits per heavy atom. The highest BCUT2D eigenvalue weighted by atomic mass is 79.9. The standard InChI is InChI=1S/C18H16BrNO3/c1-11-8-15-12(10-17(11)21)4-3-7-16(15)20-23-18(22)13-5-2-6-14(19)9-13/h2,5-6,8-10,21H,3-4,7H2,1H3/b20-16+. The molecule has 1 N–H and O–H groups in total. The lowest BCUT2D eigenvalue weighted by atomic mass is 9.88. The van der Waals surface area contributed by atoms with Crippen LogP contribution >= 0.6 is 15.9 Å². The van der Waals surface area contributed by atoms with Crippen molar-refractivity contribution in [3.8, 4) is 5.75 Å². The number of benzene rings is 2. The zero-order chi connectivity index (χ0) is 16.4. The lowest BCUT2D eigenvalue weighted by Gasteiger charge is -2.18. The van der Waals surface area contributed by atoms with E-state index in [9.17, 15) is 9.90 Å². The molecule has 0 spiro atoms. The van der Waals surface area contributed by atoms with Gasteiger partial charge in [-0.1, -0.05) is 27.2 Å². The van der Waals surface area contributed by atoms with Gasteiger partial charge in [0.1, 0.15) is 5.75 Å². The molecule has 2 aromatic rings. The van der Waals surface area contributed by atoms with Crippen LogP contribution in [0.1, 0.15) is 39.9 Å². The quantitative estimate of drug-likeness (QED) is 0.628. The summed E-state index contributed by atoms with van der Waals surface area (Å²) in [5, 5.41) is 13.9. The summed E-state index contributed by atoms with van der Waals surface area (Å²) in [5.74, 6) is -0.197. The first-order chi connectivity index (χ1) is 11.0. The third-order valence-electron chi connectivity index (χ3n) is 3.89. The second-order valence-electron chi connectivity index (χ2n) is 5.58. The molecule has 0 radical (unpaired) electrons. The van der Waals surface area contributed by atoms with Crippen LogP contribution in [0.15, 0.2) is 46.0 Å². The van der Waals surface area contributed by atoms with E-state index in [1.165, 1.54) is 0 Å². The molecule has 0 aromatic heterocycles. The molecule has 4 nitrogen and oxygen atoms in total. The topological polar surface area (TPSA) is 58.9 Å². The Hall–Kier alpha value is -2.14. The number of rotatable bonds is 2. The van der Waals surface area contributed by atoms with E-state index in [1.54, 1.807) is 24.3 Å². The highest BCUT2D eigenvalue weighted by Crippen LogP contribution is 2.28. The van der Waals surface area contributed by atoms with Crippen molar-refractivity contribution in [3.05, 3.63) is 63.1 Å². The van der Waals surface area contributed by atoms with Gasteiger partial charge in [-0.25, -0.2) is 4.79 Å². The molecule has 0 saturated heterocycles. The van der Waals surface area contributed by atoms with E-state index in [0.29, 0.717) is 5.56 Å². The van der Waals surface area contributed by atoms with E-state index in [2.05, 4.69) is 21.1 Å². The summed E-state index contributed by atoms with van der Waals surface area (Å²) in [7, 11) is 0. The molecule has 0 saturated carbocycles. The van der Waals surface area contributed by atoms with Crippen molar-refractivity contribution in [2.24, 2.45) is 5.16 Å². The Bertz CT molecular complexity index is 799. The van der Waals surface area contributed by atoms with Crippen molar-refractivity contribution in [2.75, 3.05) is 0 Å². The number of fused-ring (bicyclic) bond motifs is 1. The van der Waals surface area contributed by atoms with Crippen molar-refractivity contribution in [1.29, 1.82) is 0 Å². The van der Waals surface area contributed by atoms with Crippen molar-refractivity contribution >= 4 is 27.6 Å². The Kier molecular flexibility index (Phi) is 4.48. The van der Waals surface area contributed by atoms with E-state index in [4.69, 9.17) is 4.84 Å². The number of aryl methyl sites for hydroxylation is 2. The van der Waals surface area contributed by atoms with Crippen LogP contribution in [0.2, 0.25) is 0 Å². The third-order valence-corrected chi connectivity index (χ3v) is 4.38. The number of aromatic hydroxyl groups is 1. The summed E-state index contributed by atoms with van der Waals surface area (Å²) >= 11 is 3.33. The Morgan fingerprint density at radius 3 is 2.87 bits per heavy atom. The molecule has 0 aliphatic heterocycles. The minimum absolute atomic E-state index is 0.288. The summed E-state index contributed by atoms with van der Waals surface area (Å²) in [6.45, 7) is 1.84. The predicted molar refractivity (Wildman–Crippen MR) is 91.9 cm³/mol. The third kappa shape index (κ3) is 3.45. The zero-order valence-electron chi connectivity index (χ0n) is 12.7. The molecule has 1 aliphatic rings. The highest BCUT2D eigenvalue weighted by molar-refractivity contribution is 9.10. The molecule has 0 unspecified atom stereocenters. The smallest absolute Gasteiger partial charge is 0.365 e. The maximum atomic E-state index is 12.1.